The third-order valence-corrected chi connectivity index (χ3v) is 3.63. The van der Waals surface area contributed by atoms with E-state index in [9.17, 15) is 0 Å². The van der Waals surface area contributed by atoms with Gasteiger partial charge in [-0.3, -0.25) is 0 Å². The highest BCUT2D eigenvalue weighted by atomic mass is 16.5. The van der Waals surface area contributed by atoms with E-state index in [1.54, 1.807) is 0 Å². The van der Waals surface area contributed by atoms with Crippen molar-refractivity contribution in [1.82, 2.24) is 5.32 Å². The number of nitrogens with one attached hydrogen (secondary N) is 1. The molecule has 0 unspecified atom stereocenters. The first kappa shape index (κ1) is 17.4. The summed E-state index contributed by atoms with van der Waals surface area (Å²) in [5.41, 5.74) is 3.73. The quantitative estimate of drug-likeness (QED) is 0.749. The van der Waals surface area contributed by atoms with E-state index in [0.717, 1.165) is 30.9 Å². The predicted molar refractivity (Wildman–Crippen MR) is 98.4 cm³/mol. The Morgan fingerprint density at radius 3 is 2.39 bits per heavy atom. The monoisotopic (exact) mass is 312 g/mol. The summed E-state index contributed by atoms with van der Waals surface area (Å²) in [7, 11) is 4.08. The first-order chi connectivity index (χ1) is 11.1. The van der Waals surface area contributed by atoms with E-state index in [4.69, 9.17) is 4.74 Å². The highest BCUT2D eigenvalue weighted by Crippen LogP contribution is 2.29. The smallest absolute Gasteiger partial charge is 0.143 e. The molecule has 0 radical (unpaired) electrons. The van der Waals surface area contributed by atoms with Crippen LogP contribution in [0.15, 0.2) is 48.5 Å². The van der Waals surface area contributed by atoms with Crippen molar-refractivity contribution in [2.24, 2.45) is 0 Å². The zero-order valence-electron chi connectivity index (χ0n) is 14.7. The second kappa shape index (κ2) is 8.59. The molecule has 0 fully saturated rings. The standard InChI is InChI=1S/C20H28N2O/c1-16(2)23-20-14-18(10-11-19(20)22(3)4)15-21-13-12-17-8-6-5-7-9-17/h5-11,14,16,21H,12-13,15H2,1-4H3. The third-order valence-electron chi connectivity index (χ3n) is 3.63. The van der Waals surface area contributed by atoms with Gasteiger partial charge in [-0.15, -0.1) is 0 Å². The van der Waals surface area contributed by atoms with E-state index in [1.807, 2.05) is 14.1 Å². The Kier molecular flexibility index (Phi) is 6.48. The highest BCUT2D eigenvalue weighted by molar-refractivity contribution is 5.59. The maximum absolute atomic E-state index is 5.95. The van der Waals surface area contributed by atoms with Crippen molar-refractivity contribution < 1.29 is 4.74 Å². The number of rotatable bonds is 8. The molecule has 1 N–H and O–H groups in total. The van der Waals surface area contributed by atoms with E-state index in [2.05, 4.69) is 72.6 Å². The minimum atomic E-state index is 0.176. The van der Waals surface area contributed by atoms with Crippen LogP contribution in [0.4, 0.5) is 5.69 Å². The average Bonchev–Trinajstić information content (AvgIpc) is 2.52. The van der Waals surface area contributed by atoms with Gasteiger partial charge in [0.25, 0.3) is 0 Å². The number of hydrogen-bond donors (Lipinski definition) is 1. The van der Waals surface area contributed by atoms with Gasteiger partial charge in [0, 0.05) is 20.6 Å². The molecule has 0 aliphatic heterocycles. The van der Waals surface area contributed by atoms with Crippen LogP contribution in [0.5, 0.6) is 5.75 Å². The lowest BCUT2D eigenvalue weighted by atomic mass is 10.1. The topological polar surface area (TPSA) is 24.5 Å². The Morgan fingerprint density at radius 2 is 1.74 bits per heavy atom. The fourth-order valence-electron chi connectivity index (χ4n) is 2.50. The first-order valence-corrected chi connectivity index (χ1v) is 8.28. The summed E-state index contributed by atoms with van der Waals surface area (Å²) < 4.78 is 5.95. The summed E-state index contributed by atoms with van der Waals surface area (Å²) in [5, 5.41) is 3.51. The third kappa shape index (κ3) is 5.61. The molecule has 0 amide bonds. The summed E-state index contributed by atoms with van der Waals surface area (Å²) in [6, 6.07) is 17.0. The van der Waals surface area contributed by atoms with Crippen LogP contribution in [0.3, 0.4) is 0 Å². The highest BCUT2D eigenvalue weighted by Gasteiger charge is 2.09. The Bertz CT molecular complexity index is 594. The summed E-state index contributed by atoms with van der Waals surface area (Å²) in [4.78, 5) is 2.09. The predicted octanol–water partition coefficient (Wildman–Crippen LogP) is 3.87. The molecule has 2 aromatic carbocycles. The van der Waals surface area contributed by atoms with Gasteiger partial charge in [-0.2, -0.15) is 0 Å². The maximum Gasteiger partial charge on any atom is 0.143 e. The number of anilines is 1. The Labute approximate surface area is 140 Å². The minimum Gasteiger partial charge on any atom is -0.489 e. The normalized spacial score (nSPS) is 10.8. The van der Waals surface area contributed by atoms with Crippen molar-refractivity contribution in [3.05, 3.63) is 59.7 Å². The summed E-state index contributed by atoms with van der Waals surface area (Å²) in [6.07, 6.45) is 1.22. The Hall–Kier alpha value is -2.00. The van der Waals surface area contributed by atoms with Gasteiger partial charge in [0.15, 0.2) is 0 Å². The van der Waals surface area contributed by atoms with E-state index in [1.165, 1.54) is 11.1 Å². The van der Waals surface area contributed by atoms with Gasteiger partial charge in [0.2, 0.25) is 0 Å². The molecule has 3 heteroatoms. The van der Waals surface area contributed by atoms with Crippen molar-refractivity contribution in [3.63, 3.8) is 0 Å². The van der Waals surface area contributed by atoms with Crippen molar-refractivity contribution in [2.45, 2.75) is 32.9 Å². The fourth-order valence-corrected chi connectivity index (χ4v) is 2.50. The molecule has 3 nitrogen and oxygen atoms in total. The molecular weight excluding hydrogens is 284 g/mol. The van der Waals surface area contributed by atoms with Crippen molar-refractivity contribution >= 4 is 5.69 Å². The molecule has 2 aromatic rings. The molecule has 0 heterocycles. The molecule has 124 valence electrons. The van der Waals surface area contributed by atoms with E-state index >= 15 is 0 Å². The number of nitrogens with zero attached hydrogens (tertiary/aromatic N) is 1. The number of hydrogen-bond acceptors (Lipinski definition) is 3. The molecule has 2 rings (SSSR count). The Morgan fingerprint density at radius 1 is 1.00 bits per heavy atom. The molecular formula is C20H28N2O. The second-order valence-electron chi connectivity index (χ2n) is 6.28. The van der Waals surface area contributed by atoms with Crippen LogP contribution in [0.1, 0.15) is 25.0 Å². The van der Waals surface area contributed by atoms with Crippen LogP contribution in [0.2, 0.25) is 0 Å². The molecule has 0 aromatic heterocycles. The summed E-state index contributed by atoms with van der Waals surface area (Å²) in [5.74, 6) is 0.951. The molecule has 0 aliphatic carbocycles. The summed E-state index contributed by atoms with van der Waals surface area (Å²) in [6.45, 7) is 5.95. The molecule has 0 saturated heterocycles. The fraction of sp³-hybridized carbons (Fsp3) is 0.400. The molecule has 0 spiro atoms. The molecule has 23 heavy (non-hydrogen) atoms. The van der Waals surface area contributed by atoms with Gasteiger partial charge in [-0.1, -0.05) is 36.4 Å². The Balaban J connectivity index is 1.92. The second-order valence-corrected chi connectivity index (χ2v) is 6.28. The van der Waals surface area contributed by atoms with Crippen LogP contribution in [-0.2, 0) is 13.0 Å². The van der Waals surface area contributed by atoms with Crippen LogP contribution in [0.25, 0.3) is 0 Å². The van der Waals surface area contributed by atoms with Crippen LogP contribution in [0, 0.1) is 0 Å². The number of benzene rings is 2. The molecule has 0 bridgehead atoms. The molecule has 0 aliphatic rings. The van der Waals surface area contributed by atoms with Gasteiger partial charge in [0.1, 0.15) is 5.75 Å². The van der Waals surface area contributed by atoms with E-state index < -0.39 is 0 Å². The van der Waals surface area contributed by atoms with E-state index in [0.29, 0.717) is 0 Å². The van der Waals surface area contributed by atoms with Gasteiger partial charge >= 0.3 is 0 Å². The van der Waals surface area contributed by atoms with Gasteiger partial charge < -0.3 is 15.0 Å². The SMILES string of the molecule is CC(C)Oc1cc(CNCCc2ccccc2)ccc1N(C)C. The number of ether oxygens (including phenoxy) is 1. The van der Waals surface area contributed by atoms with Crippen molar-refractivity contribution in [1.29, 1.82) is 0 Å². The maximum atomic E-state index is 5.95. The largest absolute Gasteiger partial charge is 0.489 e. The van der Waals surface area contributed by atoms with E-state index in [-0.39, 0.29) is 6.10 Å². The summed E-state index contributed by atoms with van der Waals surface area (Å²) >= 11 is 0. The average molecular weight is 312 g/mol. The lowest BCUT2D eigenvalue weighted by molar-refractivity contribution is 0.243. The molecule has 0 saturated carbocycles. The lowest BCUT2D eigenvalue weighted by Gasteiger charge is -2.20. The van der Waals surface area contributed by atoms with Crippen molar-refractivity contribution in [3.8, 4) is 5.75 Å². The van der Waals surface area contributed by atoms with Gasteiger partial charge in [-0.05, 0) is 50.1 Å². The van der Waals surface area contributed by atoms with Crippen LogP contribution in [-0.4, -0.2) is 26.7 Å². The van der Waals surface area contributed by atoms with Crippen molar-refractivity contribution in [2.75, 3.05) is 25.5 Å². The molecule has 0 atom stereocenters. The first-order valence-electron chi connectivity index (χ1n) is 8.28. The zero-order valence-corrected chi connectivity index (χ0v) is 14.7. The van der Waals surface area contributed by atoms with Gasteiger partial charge in [0.05, 0.1) is 11.8 Å². The zero-order chi connectivity index (χ0) is 16.7. The van der Waals surface area contributed by atoms with Gasteiger partial charge in [-0.25, -0.2) is 0 Å². The van der Waals surface area contributed by atoms with Crippen LogP contribution < -0.4 is 15.0 Å². The van der Waals surface area contributed by atoms with Crippen LogP contribution >= 0.6 is 0 Å². The lowest BCUT2D eigenvalue weighted by Crippen LogP contribution is -2.18. The minimum absolute atomic E-state index is 0.176.